The Bertz CT molecular complexity index is 693. The van der Waals surface area contributed by atoms with Gasteiger partial charge in [-0.1, -0.05) is 26.0 Å². The van der Waals surface area contributed by atoms with Gasteiger partial charge in [-0.25, -0.2) is 0 Å². The summed E-state index contributed by atoms with van der Waals surface area (Å²) in [4.78, 5) is 13.6. The molecule has 1 atom stereocenters. The first-order valence-electron chi connectivity index (χ1n) is 8.33. The maximum absolute atomic E-state index is 12.6. The molecule has 1 saturated heterocycles. The van der Waals surface area contributed by atoms with Crippen molar-refractivity contribution < 1.29 is 9.53 Å². The number of benzene rings is 1. The van der Waals surface area contributed by atoms with E-state index in [1.54, 1.807) is 18.0 Å². The van der Waals surface area contributed by atoms with Crippen LogP contribution in [0.4, 0.5) is 5.69 Å². The van der Waals surface area contributed by atoms with E-state index < -0.39 is 0 Å². The number of thioether (sulfide) groups is 1. The fourth-order valence-electron chi connectivity index (χ4n) is 2.73. The van der Waals surface area contributed by atoms with Gasteiger partial charge in [-0.2, -0.15) is 5.10 Å². The predicted octanol–water partition coefficient (Wildman–Crippen LogP) is 3.81. The number of ether oxygens (including phenoxy) is 1. The number of carbonyl (C=O) groups is 1. The number of hydrogen-bond donors (Lipinski definition) is 1. The molecule has 128 valence electrons. The first kappa shape index (κ1) is 17.0. The van der Waals surface area contributed by atoms with E-state index in [4.69, 9.17) is 4.74 Å². The second-order valence-electron chi connectivity index (χ2n) is 6.20. The molecule has 0 aliphatic carbocycles. The van der Waals surface area contributed by atoms with Crippen LogP contribution in [-0.4, -0.2) is 33.6 Å². The number of aromatic nitrogens is 2. The van der Waals surface area contributed by atoms with Crippen molar-refractivity contribution in [3.05, 3.63) is 42.2 Å². The van der Waals surface area contributed by atoms with E-state index in [2.05, 4.69) is 24.3 Å². The van der Waals surface area contributed by atoms with Crippen molar-refractivity contribution in [2.24, 2.45) is 0 Å². The molecular weight excluding hydrogens is 322 g/mol. The number of hydrogen-bond acceptors (Lipinski definition) is 4. The molecule has 5 nitrogen and oxygen atoms in total. The summed E-state index contributed by atoms with van der Waals surface area (Å²) in [5.74, 6) is -0.101. The third-order valence-electron chi connectivity index (χ3n) is 3.80. The van der Waals surface area contributed by atoms with Crippen LogP contribution in [0.1, 0.15) is 37.0 Å². The van der Waals surface area contributed by atoms with Gasteiger partial charge in [0.1, 0.15) is 0 Å². The molecule has 0 spiro atoms. The third kappa shape index (κ3) is 4.39. The smallest absolute Gasteiger partial charge is 0.256 e. The van der Waals surface area contributed by atoms with Gasteiger partial charge in [-0.05, 0) is 25.0 Å². The van der Waals surface area contributed by atoms with Crippen molar-refractivity contribution in [3.63, 3.8) is 0 Å². The van der Waals surface area contributed by atoms with Crippen molar-refractivity contribution in [1.29, 1.82) is 0 Å². The Kier molecular flexibility index (Phi) is 5.58. The minimum Gasteiger partial charge on any atom is -0.376 e. The summed E-state index contributed by atoms with van der Waals surface area (Å²) in [6, 6.07) is 7.69. The van der Waals surface area contributed by atoms with Crippen molar-refractivity contribution in [1.82, 2.24) is 9.78 Å². The summed E-state index contributed by atoms with van der Waals surface area (Å²) in [6.45, 7) is 5.80. The molecule has 1 amide bonds. The Labute approximate surface area is 146 Å². The van der Waals surface area contributed by atoms with Gasteiger partial charge >= 0.3 is 0 Å². The van der Waals surface area contributed by atoms with Crippen LogP contribution < -0.4 is 5.32 Å². The fourth-order valence-corrected chi connectivity index (χ4v) is 3.69. The van der Waals surface area contributed by atoms with Crippen molar-refractivity contribution in [3.8, 4) is 0 Å². The van der Waals surface area contributed by atoms with Crippen LogP contribution in [0.5, 0.6) is 0 Å². The molecule has 0 saturated carbocycles. The van der Waals surface area contributed by atoms with Crippen LogP contribution in [-0.2, 0) is 11.3 Å². The quantitative estimate of drug-likeness (QED) is 0.809. The van der Waals surface area contributed by atoms with Gasteiger partial charge in [-0.3, -0.25) is 9.48 Å². The van der Waals surface area contributed by atoms with Crippen LogP contribution >= 0.6 is 11.8 Å². The molecule has 2 aromatic rings. The van der Waals surface area contributed by atoms with E-state index in [0.29, 0.717) is 16.5 Å². The summed E-state index contributed by atoms with van der Waals surface area (Å²) in [6.07, 6.45) is 5.96. The van der Waals surface area contributed by atoms with Crippen LogP contribution in [0.3, 0.4) is 0 Å². The number of rotatable bonds is 6. The minimum atomic E-state index is -0.101. The highest BCUT2D eigenvalue weighted by molar-refractivity contribution is 8.00. The molecule has 0 bridgehead atoms. The predicted molar refractivity (Wildman–Crippen MR) is 96.6 cm³/mol. The highest BCUT2D eigenvalue weighted by Crippen LogP contribution is 2.27. The fraction of sp³-hybridized carbons (Fsp3) is 0.444. The van der Waals surface area contributed by atoms with E-state index in [1.807, 2.05) is 35.1 Å². The number of anilines is 1. The van der Waals surface area contributed by atoms with Crippen molar-refractivity contribution >= 4 is 23.4 Å². The Morgan fingerprint density at radius 1 is 1.46 bits per heavy atom. The maximum atomic E-state index is 12.6. The minimum absolute atomic E-state index is 0.101. The first-order chi connectivity index (χ1) is 11.6. The summed E-state index contributed by atoms with van der Waals surface area (Å²) in [5.41, 5.74) is 1.41. The molecule has 1 aromatic carbocycles. The van der Waals surface area contributed by atoms with Gasteiger partial charge in [0.25, 0.3) is 5.91 Å². The Hall–Kier alpha value is -1.79. The monoisotopic (exact) mass is 345 g/mol. The van der Waals surface area contributed by atoms with Crippen LogP contribution in [0, 0.1) is 0 Å². The highest BCUT2D eigenvalue weighted by Gasteiger charge is 2.17. The molecule has 0 radical (unpaired) electrons. The van der Waals surface area contributed by atoms with Crippen LogP contribution in [0.2, 0.25) is 0 Å². The van der Waals surface area contributed by atoms with Gasteiger partial charge in [0, 0.05) is 22.9 Å². The highest BCUT2D eigenvalue weighted by atomic mass is 32.2. The zero-order valence-corrected chi connectivity index (χ0v) is 14.9. The lowest BCUT2D eigenvalue weighted by molar-refractivity contribution is 0.0940. The molecule has 24 heavy (non-hydrogen) atoms. The van der Waals surface area contributed by atoms with Gasteiger partial charge in [-0.15, -0.1) is 11.8 Å². The van der Waals surface area contributed by atoms with E-state index in [0.717, 1.165) is 30.9 Å². The van der Waals surface area contributed by atoms with Crippen molar-refractivity contribution in [2.75, 3.05) is 11.9 Å². The largest absolute Gasteiger partial charge is 0.376 e. The Balaban J connectivity index is 1.65. The summed E-state index contributed by atoms with van der Waals surface area (Å²) >= 11 is 1.69. The number of nitrogens with zero attached hydrogens (tertiary/aromatic N) is 2. The standard InChI is InChI=1S/C18H23N3O2S/c1-13(2)24-17-8-4-3-7-16(17)18(22)20-14-10-19-21(11-14)12-15-6-5-9-23-15/h3-4,7-8,10-11,13,15H,5-6,9,12H2,1-2H3,(H,20,22)/t15-/m1/s1. The van der Waals surface area contributed by atoms with Crippen LogP contribution in [0.15, 0.2) is 41.6 Å². The van der Waals surface area contributed by atoms with Gasteiger partial charge < -0.3 is 10.1 Å². The average molecular weight is 345 g/mol. The number of nitrogens with one attached hydrogen (secondary N) is 1. The van der Waals surface area contributed by atoms with Gasteiger partial charge in [0.2, 0.25) is 0 Å². The molecule has 6 heteroatoms. The molecule has 1 aliphatic rings. The maximum Gasteiger partial charge on any atom is 0.256 e. The van der Waals surface area contributed by atoms with E-state index >= 15 is 0 Å². The van der Waals surface area contributed by atoms with E-state index in [-0.39, 0.29) is 12.0 Å². The second-order valence-corrected chi connectivity index (χ2v) is 7.82. The SMILES string of the molecule is CC(C)Sc1ccccc1C(=O)Nc1cnn(C[C@H]2CCCO2)c1. The third-order valence-corrected chi connectivity index (χ3v) is 4.88. The number of amides is 1. The van der Waals surface area contributed by atoms with Crippen LogP contribution in [0.25, 0.3) is 0 Å². The van der Waals surface area contributed by atoms with Crippen molar-refractivity contribution in [2.45, 2.75) is 49.5 Å². The second kappa shape index (κ2) is 7.85. The first-order valence-corrected chi connectivity index (χ1v) is 9.21. The zero-order chi connectivity index (χ0) is 16.9. The summed E-state index contributed by atoms with van der Waals surface area (Å²) < 4.78 is 7.45. The molecular formula is C18H23N3O2S. The Morgan fingerprint density at radius 2 is 2.29 bits per heavy atom. The van der Waals surface area contributed by atoms with Gasteiger partial charge in [0.15, 0.2) is 0 Å². The molecule has 1 N–H and O–H groups in total. The molecule has 3 rings (SSSR count). The molecule has 0 unspecified atom stereocenters. The van der Waals surface area contributed by atoms with E-state index in [1.165, 1.54) is 0 Å². The lowest BCUT2D eigenvalue weighted by Crippen LogP contribution is -2.15. The average Bonchev–Trinajstić information content (AvgIpc) is 3.20. The number of carbonyl (C=O) groups excluding carboxylic acids is 1. The summed E-state index contributed by atoms with van der Waals surface area (Å²) in [7, 11) is 0. The Morgan fingerprint density at radius 3 is 3.04 bits per heavy atom. The lowest BCUT2D eigenvalue weighted by atomic mass is 10.2. The topological polar surface area (TPSA) is 56.2 Å². The molecule has 1 fully saturated rings. The summed E-state index contributed by atoms with van der Waals surface area (Å²) in [5, 5.41) is 7.68. The molecule has 1 aliphatic heterocycles. The van der Waals surface area contributed by atoms with E-state index in [9.17, 15) is 4.79 Å². The lowest BCUT2D eigenvalue weighted by Gasteiger charge is -2.11. The molecule has 2 heterocycles. The zero-order valence-electron chi connectivity index (χ0n) is 14.1. The van der Waals surface area contributed by atoms with Gasteiger partial charge in [0.05, 0.1) is 30.1 Å². The normalized spacial score (nSPS) is 17.4. The molecule has 1 aromatic heterocycles.